The Labute approximate surface area is 158 Å². The van der Waals surface area contributed by atoms with E-state index in [1.807, 2.05) is 0 Å². The first kappa shape index (κ1) is 18.6. The zero-order valence-corrected chi connectivity index (χ0v) is 14.9. The highest BCUT2D eigenvalue weighted by molar-refractivity contribution is 6.31. The number of hydrogen-bond acceptors (Lipinski definition) is 4. The molecule has 2 N–H and O–H groups in total. The van der Waals surface area contributed by atoms with Crippen LogP contribution < -0.4 is 5.32 Å². The summed E-state index contributed by atoms with van der Waals surface area (Å²) in [6.07, 6.45) is 1.40. The number of rotatable bonds is 6. The van der Waals surface area contributed by atoms with Crippen molar-refractivity contribution in [3.05, 3.63) is 64.3 Å². The number of anilines is 1. The fraction of sp³-hybridized carbons (Fsp3) is 0.176. The number of aliphatic carboxylic acids is 1. The Bertz CT molecular complexity index is 994. The zero-order valence-electron chi connectivity index (χ0n) is 14.2. The molecule has 0 bridgehead atoms. The molecule has 0 unspecified atom stereocenters. The maximum atomic E-state index is 14.0. The van der Waals surface area contributed by atoms with Gasteiger partial charge in [0.2, 0.25) is 0 Å². The van der Waals surface area contributed by atoms with Crippen molar-refractivity contribution in [1.29, 1.82) is 0 Å². The van der Waals surface area contributed by atoms with Gasteiger partial charge >= 0.3 is 5.97 Å². The lowest BCUT2D eigenvalue weighted by molar-refractivity contribution is -0.137. The van der Waals surface area contributed by atoms with Crippen molar-refractivity contribution in [3.63, 3.8) is 0 Å². The predicted molar refractivity (Wildman–Crippen MR) is 95.3 cm³/mol. The van der Waals surface area contributed by atoms with E-state index in [9.17, 15) is 14.0 Å². The molecule has 0 radical (unpaired) electrons. The fourth-order valence-corrected chi connectivity index (χ4v) is 2.68. The number of nitrogens with one attached hydrogen (secondary N) is 1. The van der Waals surface area contributed by atoms with Gasteiger partial charge < -0.3 is 10.4 Å². The summed E-state index contributed by atoms with van der Waals surface area (Å²) in [5.74, 6) is -1.77. The summed E-state index contributed by atoms with van der Waals surface area (Å²) in [5, 5.41) is 19.7. The van der Waals surface area contributed by atoms with E-state index in [2.05, 4.69) is 15.5 Å². The molecular weight excluding hydrogens is 377 g/mol. The highest BCUT2D eigenvalue weighted by Crippen LogP contribution is 2.21. The van der Waals surface area contributed by atoms with E-state index in [-0.39, 0.29) is 24.6 Å². The Morgan fingerprint density at radius 3 is 2.78 bits per heavy atom. The van der Waals surface area contributed by atoms with Crippen molar-refractivity contribution in [2.45, 2.75) is 20.0 Å². The van der Waals surface area contributed by atoms with Crippen molar-refractivity contribution in [2.24, 2.45) is 0 Å². The predicted octanol–water partition coefficient (Wildman–Crippen LogP) is 2.57. The number of carbonyl (C=O) groups is 2. The molecule has 0 saturated heterocycles. The van der Waals surface area contributed by atoms with Crippen molar-refractivity contribution < 1.29 is 19.1 Å². The molecule has 2 heterocycles. The van der Waals surface area contributed by atoms with E-state index in [1.54, 1.807) is 19.1 Å². The molecule has 0 atom stereocenters. The molecule has 0 spiro atoms. The summed E-state index contributed by atoms with van der Waals surface area (Å²) in [4.78, 5) is 22.9. The summed E-state index contributed by atoms with van der Waals surface area (Å²) < 4.78 is 16.6. The number of carboxylic acids is 1. The monoisotopic (exact) mass is 391 g/mol. The Morgan fingerprint density at radius 1 is 1.30 bits per heavy atom. The third-order valence-corrected chi connectivity index (χ3v) is 4.12. The van der Waals surface area contributed by atoms with Gasteiger partial charge in [0.05, 0.1) is 6.54 Å². The van der Waals surface area contributed by atoms with Crippen LogP contribution in [-0.2, 0) is 17.9 Å². The van der Waals surface area contributed by atoms with E-state index >= 15 is 0 Å². The number of aromatic nitrogens is 4. The number of benzene rings is 1. The van der Waals surface area contributed by atoms with Crippen LogP contribution in [0.25, 0.3) is 0 Å². The van der Waals surface area contributed by atoms with Crippen LogP contribution in [0.5, 0.6) is 0 Å². The Hall–Kier alpha value is -3.20. The maximum absolute atomic E-state index is 14.0. The smallest absolute Gasteiger partial charge is 0.325 e. The van der Waals surface area contributed by atoms with Crippen LogP contribution in [0, 0.1) is 12.7 Å². The molecule has 1 aromatic carbocycles. The molecule has 2 aromatic heterocycles. The van der Waals surface area contributed by atoms with Crippen molar-refractivity contribution >= 4 is 29.3 Å². The van der Waals surface area contributed by atoms with Crippen LogP contribution >= 0.6 is 11.6 Å². The van der Waals surface area contributed by atoms with Gasteiger partial charge in [-0.3, -0.25) is 19.0 Å². The van der Waals surface area contributed by atoms with Crippen LogP contribution in [0.1, 0.15) is 21.7 Å². The Balaban J connectivity index is 1.73. The Morgan fingerprint density at radius 2 is 2.07 bits per heavy atom. The molecule has 3 rings (SSSR count). The largest absolute Gasteiger partial charge is 0.480 e. The second-order valence-corrected chi connectivity index (χ2v) is 6.18. The molecule has 8 nitrogen and oxygen atoms in total. The van der Waals surface area contributed by atoms with Crippen LogP contribution in [0.15, 0.2) is 36.5 Å². The van der Waals surface area contributed by atoms with Gasteiger partial charge in [0.15, 0.2) is 11.5 Å². The molecule has 3 aromatic rings. The number of hydrogen-bond donors (Lipinski definition) is 2. The summed E-state index contributed by atoms with van der Waals surface area (Å²) in [7, 11) is 0. The highest BCUT2D eigenvalue weighted by Gasteiger charge is 2.15. The third kappa shape index (κ3) is 4.32. The number of halogens is 2. The Kier molecular flexibility index (Phi) is 5.22. The van der Waals surface area contributed by atoms with Gasteiger partial charge in [-0.2, -0.15) is 10.2 Å². The molecule has 0 aliphatic heterocycles. The summed E-state index contributed by atoms with van der Waals surface area (Å²) >= 11 is 6.04. The zero-order chi connectivity index (χ0) is 19.6. The molecular formula is C17H15ClFN5O3. The van der Waals surface area contributed by atoms with Gasteiger partial charge in [0.25, 0.3) is 5.91 Å². The number of amides is 1. The van der Waals surface area contributed by atoms with Crippen molar-refractivity contribution in [1.82, 2.24) is 19.6 Å². The van der Waals surface area contributed by atoms with E-state index in [0.29, 0.717) is 16.3 Å². The molecule has 10 heteroatoms. The highest BCUT2D eigenvalue weighted by atomic mass is 35.5. The minimum atomic E-state index is -1.06. The fourth-order valence-electron chi connectivity index (χ4n) is 2.45. The molecule has 1 amide bonds. The second kappa shape index (κ2) is 7.58. The third-order valence-electron chi connectivity index (χ3n) is 3.76. The summed E-state index contributed by atoms with van der Waals surface area (Å²) in [6.45, 7) is 1.53. The number of carboxylic acid groups (broad SMARTS) is 1. The topological polar surface area (TPSA) is 102 Å². The maximum Gasteiger partial charge on any atom is 0.325 e. The molecule has 0 aliphatic rings. The minimum absolute atomic E-state index is 0.0561. The first-order chi connectivity index (χ1) is 12.8. The van der Waals surface area contributed by atoms with Crippen molar-refractivity contribution in [2.75, 3.05) is 5.32 Å². The van der Waals surface area contributed by atoms with Gasteiger partial charge in [-0.15, -0.1) is 0 Å². The van der Waals surface area contributed by atoms with Crippen LogP contribution in [0.2, 0.25) is 5.02 Å². The number of carbonyl (C=O) groups excluding carboxylic acids is 1. The summed E-state index contributed by atoms with van der Waals surface area (Å²) in [6, 6.07) is 7.46. The van der Waals surface area contributed by atoms with Crippen molar-refractivity contribution in [3.8, 4) is 0 Å². The molecule has 0 fully saturated rings. The van der Waals surface area contributed by atoms with Gasteiger partial charge in [-0.1, -0.05) is 17.7 Å². The standard InChI is InChI=1S/C17H15ClFN5O3/c1-10-7-15(20-17(27)14-5-6-23(21-14)9-16(25)26)22-24(10)8-11-12(18)3-2-4-13(11)19/h2-7H,8-9H2,1H3,(H,25,26)(H,20,22,27). The van der Waals surface area contributed by atoms with Crippen LogP contribution in [0.3, 0.4) is 0 Å². The minimum Gasteiger partial charge on any atom is -0.480 e. The molecule has 0 aliphatic carbocycles. The number of aryl methyl sites for hydroxylation is 1. The van der Waals surface area contributed by atoms with Crippen LogP contribution in [-0.4, -0.2) is 36.5 Å². The van der Waals surface area contributed by atoms with Gasteiger partial charge in [-0.25, -0.2) is 4.39 Å². The number of nitrogens with zero attached hydrogens (tertiary/aromatic N) is 4. The van der Waals surface area contributed by atoms with E-state index in [1.165, 1.54) is 29.1 Å². The van der Waals surface area contributed by atoms with Gasteiger partial charge in [-0.05, 0) is 25.1 Å². The van der Waals surface area contributed by atoms with Gasteiger partial charge in [0, 0.05) is 28.5 Å². The van der Waals surface area contributed by atoms with Crippen LogP contribution in [0.4, 0.5) is 10.2 Å². The lowest BCUT2D eigenvalue weighted by Crippen LogP contribution is -2.15. The molecule has 27 heavy (non-hydrogen) atoms. The first-order valence-electron chi connectivity index (χ1n) is 7.87. The van der Waals surface area contributed by atoms with E-state index in [0.717, 1.165) is 4.68 Å². The van der Waals surface area contributed by atoms with E-state index in [4.69, 9.17) is 16.7 Å². The quantitative estimate of drug-likeness (QED) is 0.672. The average molecular weight is 392 g/mol. The summed E-state index contributed by atoms with van der Waals surface area (Å²) in [5.41, 5.74) is 1.05. The molecule has 0 saturated carbocycles. The SMILES string of the molecule is Cc1cc(NC(=O)c2ccn(CC(=O)O)n2)nn1Cc1c(F)cccc1Cl. The van der Waals surface area contributed by atoms with E-state index < -0.39 is 17.7 Å². The lowest BCUT2D eigenvalue weighted by Gasteiger charge is -2.07. The normalized spacial score (nSPS) is 10.8. The lowest BCUT2D eigenvalue weighted by atomic mass is 10.2. The second-order valence-electron chi connectivity index (χ2n) is 5.78. The molecule has 140 valence electrons. The average Bonchev–Trinajstić information content (AvgIpc) is 3.17. The first-order valence-corrected chi connectivity index (χ1v) is 8.25. The van der Waals surface area contributed by atoms with Gasteiger partial charge in [0.1, 0.15) is 12.4 Å².